The van der Waals surface area contributed by atoms with Crippen molar-refractivity contribution in [2.24, 2.45) is 0 Å². The Morgan fingerprint density at radius 2 is 2.00 bits per heavy atom. The molecular weight excluding hydrogens is 306 g/mol. The van der Waals surface area contributed by atoms with Crippen LogP contribution in [-0.4, -0.2) is 19.1 Å². The molecule has 0 amide bonds. The number of benzene rings is 1. The van der Waals surface area contributed by atoms with E-state index in [1.54, 1.807) is 7.11 Å². The average molecular weight is 324 g/mol. The van der Waals surface area contributed by atoms with Crippen LogP contribution in [0.3, 0.4) is 0 Å². The van der Waals surface area contributed by atoms with E-state index in [1.807, 2.05) is 37.3 Å². The summed E-state index contributed by atoms with van der Waals surface area (Å²) in [5.74, 6) is 2.81. The van der Waals surface area contributed by atoms with Crippen LogP contribution in [0.1, 0.15) is 17.1 Å². The Balaban J connectivity index is 2.03. The molecule has 3 nitrogen and oxygen atoms in total. The van der Waals surface area contributed by atoms with E-state index in [0.717, 1.165) is 34.8 Å². The fourth-order valence-electron chi connectivity index (χ4n) is 1.98. The summed E-state index contributed by atoms with van der Waals surface area (Å²) >= 11 is 3.57. The standard InChI is InChI=1S/C15H18BrNO2/c1-11-4-5-14(19-11)10-17(2)9-12-8-13(18-3)6-7-15(12)16/h4-8H,9-10H2,1-3H3. The lowest BCUT2D eigenvalue weighted by molar-refractivity contribution is 0.284. The summed E-state index contributed by atoms with van der Waals surface area (Å²) in [6.45, 7) is 3.58. The van der Waals surface area contributed by atoms with Crippen LogP contribution in [0.25, 0.3) is 0 Å². The SMILES string of the molecule is COc1ccc(Br)c(CN(C)Cc2ccc(C)o2)c1. The van der Waals surface area contributed by atoms with Gasteiger partial charge in [-0.05, 0) is 49.9 Å². The lowest BCUT2D eigenvalue weighted by Gasteiger charge is -2.16. The van der Waals surface area contributed by atoms with Crippen LogP contribution in [-0.2, 0) is 13.1 Å². The Bertz CT molecular complexity index is 551. The Hall–Kier alpha value is -1.26. The van der Waals surface area contributed by atoms with Gasteiger partial charge in [-0.25, -0.2) is 0 Å². The van der Waals surface area contributed by atoms with Crippen molar-refractivity contribution in [3.05, 3.63) is 51.9 Å². The molecule has 0 bridgehead atoms. The Morgan fingerprint density at radius 3 is 2.63 bits per heavy atom. The number of furan rings is 1. The topological polar surface area (TPSA) is 25.6 Å². The summed E-state index contributed by atoms with van der Waals surface area (Å²) < 4.78 is 11.9. The monoisotopic (exact) mass is 323 g/mol. The molecule has 0 radical (unpaired) electrons. The third kappa shape index (κ3) is 3.85. The molecule has 4 heteroatoms. The van der Waals surface area contributed by atoms with Gasteiger partial charge in [0.15, 0.2) is 0 Å². The molecule has 0 saturated heterocycles. The summed E-state index contributed by atoms with van der Waals surface area (Å²) in [4.78, 5) is 2.21. The molecule has 1 aromatic heterocycles. The lowest BCUT2D eigenvalue weighted by atomic mass is 10.2. The van der Waals surface area contributed by atoms with Crippen molar-refractivity contribution in [1.82, 2.24) is 4.90 Å². The van der Waals surface area contributed by atoms with E-state index in [0.29, 0.717) is 0 Å². The summed E-state index contributed by atoms with van der Waals surface area (Å²) in [5.41, 5.74) is 1.20. The van der Waals surface area contributed by atoms with Gasteiger partial charge in [-0.15, -0.1) is 0 Å². The molecular formula is C15H18BrNO2. The van der Waals surface area contributed by atoms with Gasteiger partial charge in [-0.2, -0.15) is 0 Å². The normalized spacial score (nSPS) is 11.0. The van der Waals surface area contributed by atoms with Crippen molar-refractivity contribution < 1.29 is 9.15 Å². The van der Waals surface area contributed by atoms with Gasteiger partial charge in [-0.1, -0.05) is 15.9 Å². The van der Waals surface area contributed by atoms with Crippen LogP contribution in [0.15, 0.2) is 39.2 Å². The summed E-state index contributed by atoms with van der Waals surface area (Å²) in [6, 6.07) is 10.0. The molecule has 0 fully saturated rings. The molecule has 0 spiro atoms. The van der Waals surface area contributed by atoms with Crippen LogP contribution in [0.5, 0.6) is 5.75 Å². The summed E-state index contributed by atoms with van der Waals surface area (Å²) in [6.07, 6.45) is 0. The van der Waals surface area contributed by atoms with Crippen LogP contribution >= 0.6 is 15.9 Å². The first-order valence-corrected chi connectivity index (χ1v) is 6.94. The maximum atomic E-state index is 5.59. The van der Waals surface area contributed by atoms with Crippen LogP contribution < -0.4 is 4.74 Å². The zero-order valence-electron chi connectivity index (χ0n) is 11.4. The van der Waals surface area contributed by atoms with E-state index in [1.165, 1.54) is 5.56 Å². The highest BCUT2D eigenvalue weighted by Crippen LogP contribution is 2.24. The van der Waals surface area contributed by atoms with Gasteiger partial charge in [0.25, 0.3) is 0 Å². The molecule has 1 aromatic carbocycles. The molecule has 0 atom stereocenters. The molecule has 0 saturated carbocycles. The number of nitrogens with zero attached hydrogens (tertiary/aromatic N) is 1. The second-order valence-corrected chi connectivity index (χ2v) is 5.50. The first kappa shape index (κ1) is 14.2. The minimum Gasteiger partial charge on any atom is -0.497 e. The fourth-order valence-corrected chi connectivity index (χ4v) is 2.35. The quantitative estimate of drug-likeness (QED) is 0.832. The van der Waals surface area contributed by atoms with E-state index in [-0.39, 0.29) is 0 Å². The van der Waals surface area contributed by atoms with E-state index in [9.17, 15) is 0 Å². The van der Waals surface area contributed by atoms with E-state index in [4.69, 9.17) is 9.15 Å². The van der Waals surface area contributed by atoms with E-state index in [2.05, 4.69) is 27.9 Å². The highest BCUT2D eigenvalue weighted by Gasteiger charge is 2.08. The predicted octanol–water partition coefficient (Wildman–Crippen LogP) is 3.99. The highest BCUT2D eigenvalue weighted by molar-refractivity contribution is 9.10. The minimum absolute atomic E-state index is 0.789. The van der Waals surface area contributed by atoms with Crippen LogP contribution in [0, 0.1) is 6.92 Å². The molecule has 2 aromatic rings. The molecule has 1 heterocycles. The second kappa shape index (κ2) is 6.26. The Morgan fingerprint density at radius 1 is 1.21 bits per heavy atom. The Labute approximate surface area is 122 Å². The summed E-state index contributed by atoms with van der Waals surface area (Å²) in [7, 11) is 3.76. The largest absolute Gasteiger partial charge is 0.497 e. The maximum absolute atomic E-state index is 5.59. The van der Waals surface area contributed by atoms with Gasteiger partial charge in [0.2, 0.25) is 0 Å². The van der Waals surface area contributed by atoms with Gasteiger partial charge >= 0.3 is 0 Å². The second-order valence-electron chi connectivity index (χ2n) is 4.64. The molecule has 0 N–H and O–H groups in total. The number of methoxy groups -OCH3 is 1. The van der Waals surface area contributed by atoms with Gasteiger partial charge in [0.1, 0.15) is 17.3 Å². The van der Waals surface area contributed by atoms with E-state index >= 15 is 0 Å². The highest BCUT2D eigenvalue weighted by atomic mass is 79.9. The molecule has 0 unspecified atom stereocenters. The van der Waals surface area contributed by atoms with Crippen LogP contribution in [0.4, 0.5) is 0 Å². The molecule has 2 rings (SSSR count). The molecule has 0 aliphatic rings. The van der Waals surface area contributed by atoms with Crippen molar-refractivity contribution in [1.29, 1.82) is 0 Å². The molecule has 0 aliphatic heterocycles. The van der Waals surface area contributed by atoms with Gasteiger partial charge in [-0.3, -0.25) is 4.90 Å². The van der Waals surface area contributed by atoms with Gasteiger partial charge in [0, 0.05) is 11.0 Å². The van der Waals surface area contributed by atoms with Gasteiger partial charge < -0.3 is 9.15 Å². The first-order valence-electron chi connectivity index (χ1n) is 6.15. The van der Waals surface area contributed by atoms with Crippen molar-refractivity contribution >= 4 is 15.9 Å². The molecule has 19 heavy (non-hydrogen) atoms. The number of halogens is 1. The average Bonchev–Trinajstić information content (AvgIpc) is 2.77. The third-order valence-electron chi connectivity index (χ3n) is 2.91. The number of rotatable bonds is 5. The van der Waals surface area contributed by atoms with Crippen molar-refractivity contribution in [3.8, 4) is 5.75 Å². The van der Waals surface area contributed by atoms with Gasteiger partial charge in [0.05, 0.1) is 13.7 Å². The fraction of sp³-hybridized carbons (Fsp3) is 0.333. The van der Waals surface area contributed by atoms with Crippen molar-refractivity contribution in [2.45, 2.75) is 20.0 Å². The maximum Gasteiger partial charge on any atom is 0.119 e. The number of hydrogen-bond acceptors (Lipinski definition) is 3. The van der Waals surface area contributed by atoms with Crippen molar-refractivity contribution in [2.75, 3.05) is 14.2 Å². The van der Waals surface area contributed by atoms with Crippen molar-refractivity contribution in [3.63, 3.8) is 0 Å². The van der Waals surface area contributed by atoms with E-state index < -0.39 is 0 Å². The number of ether oxygens (including phenoxy) is 1. The number of aryl methyl sites for hydroxylation is 1. The Kier molecular flexibility index (Phi) is 4.66. The number of hydrogen-bond donors (Lipinski definition) is 0. The zero-order chi connectivity index (χ0) is 13.8. The smallest absolute Gasteiger partial charge is 0.119 e. The third-order valence-corrected chi connectivity index (χ3v) is 3.69. The minimum atomic E-state index is 0.789. The summed E-state index contributed by atoms with van der Waals surface area (Å²) in [5, 5.41) is 0. The predicted molar refractivity (Wildman–Crippen MR) is 79.3 cm³/mol. The van der Waals surface area contributed by atoms with Crippen LogP contribution in [0.2, 0.25) is 0 Å². The molecule has 0 aliphatic carbocycles. The molecule has 102 valence electrons. The lowest BCUT2D eigenvalue weighted by Crippen LogP contribution is -2.17. The first-order chi connectivity index (χ1) is 9.08. The zero-order valence-corrected chi connectivity index (χ0v) is 13.0.